The monoisotopic (exact) mass is 271 g/mol. The molecule has 0 heteroatoms. The normalized spacial score (nSPS) is 17.7. The molecule has 0 saturated carbocycles. The average Bonchev–Trinajstić information content (AvgIpc) is 2.55. The van der Waals surface area contributed by atoms with Gasteiger partial charge in [-0.1, -0.05) is 60.7 Å². The molecule has 103 valence electrons. The van der Waals surface area contributed by atoms with Gasteiger partial charge in [-0.05, 0) is 59.2 Å². The van der Waals surface area contributed by atoms with Crippen molar-refractivity contribution in [2.45, 2.75) is 25.2 Å². The van der Waals surface area contributed by atoms with Crippen LogP contribution in [-0.4, -0.2) is 0 Å². The fourth-order valence-corrected chi connectivity index (χ4v) is 3.76. The zero-order chi connectivity index (χ0) is 14.2. The Morgan fingerprint density at radius 3 is 2.57 bits per heavy atom. The van der Waals surface area contributed by atoms with Crippen LogP contribution in [0.25, 0.3) is 10.8 Å². The van der Waals surface area contributed by atoms with Gasteiger partial charge in [0.1, 0.15) is 0 Å². The molecule has 0 bridgehead atoms. The molecule has 0 aliphatic heterocycles. The number of benzene rings is 3. The fraction of sp³-hybridized carbons (Fsp3) is 0.190. The van der Waals surface area contributed by atoms with E-state index in [1.165, 1.54) is 52.3 Å². The van der Waals surface area contributed by atoms with Crippen LogP contribution in [0.1, 0.15) is 41.0 Å². The molecule has 1 atom stereocenters. The Kier molecular flexibility index (Phi) is 3.03. The summed E-state index contributed by atoms with van der Waals surface area (Å²) in [4.78, 5) is 0. The lowest BCUT2D eigenvalue weighted by atomic mass is 9.77. The molecule has 1 aliphatic rings. The molecule has 0 saturated heterocycles. The first kappa shape index (κ1) is 12.6. The van der Waals surface area contributed by atoms with Crippen LogP contribution in [0.3, 0.4) is 0 Å². The van der Waals surface area contributed by atoms with Crippen molar-refractivity contribution in [3.8, 4) is 0 Å². The summed E-state index contributed by atoms with van der Waals surface area (Å²) in [5, 5.41) is 2.58. The smallest absolute Gasteiger partial charge is 0.00951 e. The molecule has 4 rings (SSSR count). The molecule has 0 spiro atoms. The lowest BCUT2D eigenvalue weighted by Gasteiger charge is -2.27. The van der Waals surface area contributed by atoms with Crippen molar-refractivity contribution in [3.63, 3.8) is 0 Å². The van der Waals surface area contributed by atoms with E-state index in [1.807, 2.05) is 0 Å². The van der Waals surface area contributed by atoms with E-state index in [1.54, 1.807) is 0 Å². The molecule has 3 aromatic carbocycles. The molecule has 0 amide bonds. The Bertz CT molecular complexity index is 798. The molecule has 21 heavy (non-hydrogen) atoms. The zero-order valence-corrected chi connectivity index (χ0v) is 12.2. The Hall–Kier alpha value is -2.08. The van der Waals surface area contributed by atoms with Gasteiger partial charge in [-0.15, -0.1) is 0 Å². The molecule has 3 aromatic rings. The van der Waals surface area contributed by atoms with Gasteiger partial charge in [0.25, 0.3) is 0 Å². The van der Waals surface area contributed by atoms with Gasteiger partial charge in [0.2, 0.25) is 0 Å². The van der Waals surface area contributed by atoms with Crippen molar-refractivity contribution in [1.82, 2.24) is 0 Å². The third kappa shape index (κ3) is 2.06. The number of fused-ring (bicyclic) bond motifs is 2. The number of rotatable bonds is 1. The number of aryl methyl sites for hydroxylation is 1. The maximum Gasteiger partial charge on any atom is 0.00951 e. The predicted octanol–water partition coefficient (Wildman–Crippen LogP) is 5.49. The quantitative estimate of drug-likeness (QED) is 0.549. The van der Waals surface area contributed by atoms with Gasteiger partial charge >= 0.3 is 0 Å². The largest absolute Gasteiger partial charge is 0.0620 e. The van der Waals surface area contributed by atoms with E-state index in [-0.39, 0.29) is 0 Å². The fourth-order valence-electron chi connectivity index (χ4n) is 3.76. The third-order valence-electron chi connectivity index (χ3n) is 4.82. The van der Waals surface area contributed by atoms with Crippen molar-refractivity contribution in [1.29, 1.82) is 0 Å². The van der Waals surface area contributed by atoms with Crippen LogP contribution in [0.4, 0.5) is 0 Å². The van der Waals surface area contributed by atoms with Gasteiger partial charge in [-0.3, -0.25) is 0 Å². The van der Waals surface area contributed by atoms with E-state index in [0.717, 1.165) is 0 Å². The van der Waals surface area contributed by atoms with Gasteiger partial charge in [0.15, 0.2) is 0 Å². The van der Waals surface area contributed by atoms with Gasteiger partial charge in [0.05, 0.1) is 0 Å². The Labute approximate surface area is 126 Å². The Balaban J connectivity index is 1.90. The molecule has 0 nitrogen and oxygen atoms in total. The summed E-state index contributed by atoms with van der Waals surface area (Å²) in [6.07, 6.45) is 3.72. The van der Waals surface area contributed by atoms with E-state index in [4.69, 9.17) is 0 Å². The van der Waals surface area contributed by atoms with E-state index in [2.05, 4.69) is 67.6 Å². The van der Waals surface area contributed by atoms with Gasteiger partial charge in [-0.2, -0.15) is 0 Å². The first-order chi connectivity index (χ1) is 10.3. The van der Waals surface area contributed by atoms with E-state index in [0.29, 0.717) is 5.92 Å². The molecule has 1 unspecified atom stereocenters. The Morgan fingerprint density at radius 1 is 0.810 bits per heavy atom. The molecule has 0 heterocycles. The molecular formula is C21H19. The standard InChI is InChI=1S/C21H19/c1-15-18-10-4-2-8-17(18)13-14-19(15)21-12-6-9-16-7-3-5-11-20(16)21/h2-5,7-8,10-11,13-14,21H,1,6,9,12H2. The molecule has 1 aliphatic carbocycles. The summed E-state index contributed by atoms with van der Waals surface area (Å²) >= 11 is 0. The summed E-state index contributed by atoms with van der Waals surface area (Å²) in [6.45, 7) is 4.40. The minimum atomic E-state index is 0.507. The van der Waals surface area contributed by atoms with Crippen LogP contribution < -0.4 is 0 Å². The highest BCUT2D eigenvalue weighted by Gasteiger charge is 2.23. The average molecular weight is 271 g/mol. The third-order valence-corrected chi connectivity index (χ3v) is 4.82. The molecule has 1 radical (unpaired) electrons. The lowest BCUT2D eigenvalue weighted by molar-refractivity contribution is 0.615. The van der Waals surface area contributed by atoms with Crippen LogP contribution in [-0.2, 0) is 6.42 Å². The zero-order valence-electron chi connectivity index (χ0n) is 12.2. The first-order valence-electron chi connectivity index (χ1n) is 7.76. The molecule has 0 fully saturated rings. The van der Waals surface area contributed by atoms with Crippen molar-refractivity contribution >= 4 is 10.8 Å². The van der Waals surface area contributed by atoms with Gasteiger partial charge in [-0.25, -0.2) is 0 Å². The van der Waals surface area contributed by atoms with Crippen molar-refractivity contribution in [3.05, 3.63) is 89.8 Å². The van der Waals surface area contributed by atoms with Crippen molar-refractivity contribution in [2.24, 2.45) is 0 Å². The topological polar surface area (TPSA) is 0 Å². The van der Waals surface area contributed by atoms with Crippen molar-refractivity contribution in [2.75, 3.05) is 0 Å². The lowest BCUT2D eigenvalue weighted by Crippen LogP contribution is -2.12. The first-order valence-corrected chi connectivity index (χ1v) is 7.76. The van der Waals surface area contributed by atoms with Crippen LogP contribution in [0.15, 0.2) is 60.7 Å². The second-order valence-corrected chi connectivity index (χ2v) is 6.00. The number of hydrogen-bond donors (Lipinski definition) is 0. The summed E-state index contributed by atoms with van der Waals surface area (Å²) in [6, 6.07) is 22.0. The second kappa shape index (κ2) is 5.04. The van der Waals surface area contributed by atoms with Crippen LogP contribution >= 0.6 is 0 Å². The second-order valence-electron chi connectivity index (χ2n) is 6.00. The van der Waals surface area contributed by atoms with Gasteiger partial charge in [0, 0.05) is 5.92 Å². The maximum absolute atomic E-state index is 4.40. The molecular weight excluding hydrogens is 252 g/mol. The highest BCUT2D eigenvalue weighted by molar-refractivity contribution is 5.87. The maximum atomic E-state index is 4.40. The van der Waals surface area contributed by atoms with E-state index in [9.17, 15) is 0 Å². The number of hydrogen-bond acceptors (Lipinski definition) is 0. The molecule has 0 N–H and O–H groups in total. The summed E-state index contributed by atoms with van der Waals surface area (Å²) in [5.74, 6) is 0.507. The summed E-state index contributed by atoms with van der Waals surface area (Å²) < 4.78 is 0. The Morgan fingerprint density at radius 2 is 1.62 bits per heavy atom. The summed E-state index contributed by atoms with van der Waals surface area (Å²) in [5.41, 5.74) is 5.63. The highest BCUT2D eigenvalue weighted by atomic mass is 14.3. The van der Waals surface area contributed by atoms with E-state index < -0.39 is 0 Å². The van der Waals surface area contributed by atoms with Crippen LogP contribution in [0.2, 0.25) is 0 Å². The minimum absolute atomic E-state index is 0.507. The summed E-state index contributed by atoms with van der Waals surface area (Å²) in [7, 11) is 0. The predicted molar refractivity (Wildman–Crippen MR) is 89.6 cm³/mol. The van der Waals surface area contributed by atoms with Crippen molar-refractivity contribution < 1.29 is 0 Å². The van der Waals surface area contributed by atoms with Crippen LogP contribution in [0, 0.1) is 6.92 Å². The van der Waals surface area contributed by atoms with E-state index >= 15 is 0 Å². The van der Waals surface area contributed by atoms with Crippen LogP contribution in [0.5, 0.6) is 0 Å². The SMILES string of the molecule is [CH2]c1c(C2CCCc3ccccc32)ccc2ccccc12. The molecule has 0 aromatic heterocycles. The highest BCUT2D eigenvalue weighted by Crippen LogP contribution is 2.39. The van der Waals surface area contributed by atoms with Gasteiger partial charge < -0.3 is 0 Å². The minimum Gasteiger partial charge on any atom is -0.0620 e.